The second-order valence-corrected chi connectivity index (χ2v) is 10.6. The number of rotatable bonds is 8. The summed E-state index contributed by atoms with van der Waals surface area (Å²) in [6.07, 6.45) is 0. The van der Waals surface area contributed by atoms with Crippen molar-refractivity contribution in [2.75, 3.05) is 4.90 Å². The molecule has 6 rings (SSSR count). The van der Waals surface area contributed by atoms with Crippen LogP contribution in [0.2, 0.25) is 0 Å². The largest absolute Gasteiger partial charge is 0.503 e. The minimum absolute atomic E-state index is 0.00467. The van der Waals surface area contributed by atoms with Gasteiger partial charge in [-0.05, 0) is 42.3 Å². The molecule has 1 N–H and O–H groups in total. The fourth-order valence-corrected chi connectivity index (χ4v) is 5.86. The van der Waals surface area contributed by atoms with Crippen LogP contribution in [-0.4, -0.2) is 27.6 Å². The Morgan fingerprint density at radius 2 is 1.73 bits per heavy atom. The first-order chi connectivity index (χ1) is 19.8. The summed E-state index contributed by atoms with van der Waals surface area (Å²) in [5.74, 6) is -1.70. The fraction of sp³-hybridized carbons (Fsp3) is 0.125. The highest BCUT2D eigenvalue weighted by atomic mass is 32.1. The van der Waals surface area contributed by atoms with E-state index in [1.165, 1.54) is 11.8 Å². The normalized spacial score (nSPS) is 15.1. The molecule has 0 spiro atoms. The third-order valence-corrected chi connectivity index (χ3v) is 8.11. The van der Waals surface area contributed by atoms with Crippen LogP contribution in [0.3, 0.4) is 0 Å². The van der Waals surface area contributed by atoms with Crippen LogP contribution in [0, 0.1) is 6.92 Å². The van der Waals surface area contributed by atoms with E-state index in [-0.39, 0.29) is 22.2 Å². The number of aryl methyl sites for hydroxylation is 1. The number of fused-ring (bicyclic) bond motifs is 1. The van der Waals surface area contributed by atoms with Gasteiger partial charge in [0, 0.05) is 12.3 Å². The minimum atomic E-state index is -1.02. The predicted molar refractivity (Wildman–Crippen MR) is 154 cm³/mol. The molecule has 204 valence electrons. The van der Waals surface area contributed by atoms with Gasteiger partial charge in [-0.3, -0.25) is 19.3 Å². The van der Waals surface area contributed by atoms with Gasteiger partial charge >= 0.3 is 0 Å². The number of carbonyl (C=O) groups is 3. The number of hydrogen-bond donors (Lipinski definition) is 1. The van der Waals surface area contributed by atoms with Crippen molar-refractivity contribution >= 4 is 44.9 Å². The van der Waals surface area contributed by atoms with E-state index in [1.807, 2.05) is 42.5 Å². The number of amides is 1. The molecule has 1 aliphatic heterocycles. The molecule has 8 nitrogen and oxygen atoms in total. The number of nitrogens with zero attached hydrogens (tertiary/aromatic N) is 2. The highest BCUT2D eigenvalue weighted by molar-refractivity contribution is 7.17. The summed E-state index contributed by atoms with van der Waals surface area (Å²) in [4.78, 5) is 45.7. The molecule has 1 aliphatic rings. The number of aliphatic hydroxyl groups is 1. The Kier molecular flexibility index (Phi) is 6.72. The lowest BCUT2D eigenvalue weighted by Gasteiger charge is -2.24. The average Bonchev–Trinajstić information content (AvgIpc) is 3.66. The number of aliphatic hydroxyl groups excluding tert-OH is 1. The Labute approximate surface area is 239 Å². The number of benzene rings is 3. The third-order valence-electron chi connectivity index (χ3n) is 6.86. The van der Waals surface area contributed by atoms with Crippen LogP contribution in [0.15, 0.2) is 101 Å². The van der Waals surface area contributed by atoms with E-state index < -0.39 is 23.5 Å². The van der Waals surface area contributed by atoms with Crippen LogP contribution in [0.1, 0.15) is 50.0 Å². The van der Waals surface area contributed by atoms with Crippen molar-refractivity contribution in [2.24, 2.45) is 0 Å². The quantitative estimate of drug-likeness (QED) is 0.207. The molecule has 0 aliphatic carbocycles. The highest BCUT2D eigenvalue weighted by Gasteiger charge is 2.46. The van der Waals surface area contributed by atoms with Crippen LogP contribution in [-0.2, 0) is 11.4 Å². The van der Waals surface area contributed by atoms with Gasteiger partial charge in [-0.1, -0.05) is 72.0 Å². The van der Waals surface area contributed by atoms with Gasteiger partial charge in [0.25, 0.3) is 5.91 Å². The lowest BCUT2D eigenvalue weighted by Crippen LogP contribution is -2.31. The summed E-state index contributed by atoms with van der Waals surface area (Å²) >= 11 is 1.04. The maximum atomic E-state index is 13.9. The van der Waals surface area contributed by atoms with Gasteiger partial charge in [0.1, 0.15) is 17.9 Å². The van der Waals surface area contributed by atoms with E-state index in [0.717, 1.165) is 22.3 Å². The van der Waals surface area contributed by atoms with Crippen molar-refractivity contribution in [1.29, 1.82) is 0 Å². The Hall–Kier alpha value is -5.02. The van der Waals surface area contributed by atoms with Gasteiger partial charge in [0.05, 0.1) is 22.2 Å². The molecule has 2 aromatic heterocycles. The number of ketones is 2. The van der Waals surface area contributed by atoms with E-state index in [0.29, 0.717) is 34.1 Å². The first-order valence-electron chi connectivity index (χ1n) is 12.9. The topological polar surface area (TPSA) is 110 Å². The monoisotopic (exact) mass is 564 g/mol. The van der Waals surface area contributed by atoms with Crippen molar-refractivity contribution in [2.45, 2.75) is 26.5 Å². The molecule has 0 unspecified atom stereocenters. The average molecular weight is 565 g/mol. The minimum Gasteiger partial charge on any atom is -0.503 e. The second-order valence-electron chi connectivity index (χ2n) is 9.63. The van der Waals surface area contributed by atoms with E-state index >= 15 is 0 Å². The van der Waals surface area contributed by atoms with E-state index in [2.05, 4.69) is 4.98 Å². The van der Waals surface area contributed by atoms with Gasteiger partial charge in [-0.2, -0.15) is 0 Å². The Bertz CT molecular complexity index is 1800. The lowest BCUT2D eigenvalue weighted by atomic mass is 9.95. The van der Waals surface area contributed by atoms with Crippen LogP contribution in [0.4, 0.5) is 5.13 Å². The number of furan rings is 1. The maximum absolute atomic E-state index is 13.9. The summed E-state index contributed by atoms with van der Waals surface area (Å²) in [7, 11) is 0. The molecule has 0 radical (unpaired) electrons. The lowest BCUT2D eigenvalue weighted by molar-refractivity contribution is -0.117. The number of hydrogen-bond acceptors (Lipinski definition) is 8. The molecule has 3 aromatic carbocycles. The van der Waals surface area contributed by atoms with Crippen molar-refractivity contribution < 1.29 is 28.6 Å². The molecule has 0 bridgehead atoms. The number of aromatic nitrogens is 1. The zero-order valence-electron chi connectivity index (χ0n) is 22.2. The highest BCUT2D eigenvalue weighted by Crippen LogP contribution is 2.44. The number of para-hydroxylation sites is 1. The molecule has 0 saturated heterocycles. The van der Waals surface area contributed by atoms with Crippen molar-refractivity contribution in [3.05, 3.63) is 124 Å². The Morgan fingerprint density at radius 3 is 2.41 bits per heavy atom. The van der Waals surface area contributed by atoms with Crippen LogP contribution >= 0.6 is 11.3 Å². The SMILES string of the molecule is CC(=O)c1sc(N2C(=O)C(O)=C(C(=O)c3cc4ccccc4o3)[C@H]2c2ccc(OCc3ccccc3)cc2)nc1C. The first-order valence-corrected chi connectivity index (χ1v) is 13.7. The fourth-order valence-electron chi connectivity index (χ4n) is 4.88. The third kappa shape index (κ3) is 4.81. The summed E-state index contributed by atoms with van der Waals surface area (Å²) in [5, 5.41) is 12.0. The van der Waals surface area contributed by atoms with Gasteiger partial charge in [-0.25, -0.2) is 4.98 Å². The summed E-state index contributed by atoms with van der Waals surface area (Å²) < 4.78 is 11.7. The summed E-state index contributed by atoms with van der Waals surface area (Å²) in [6.45, 7) is 3.48. The van der Waals surface area contributed by atoms with Gasteiger partial charge in [-0.15, -0.1) is 0 Å². The van der Waals surface area contributed by atoms with E-state index in [9.17, 15) is 19.5 Å². The molecule has 41 heavy (non-hydrogen) atoms. The van der Waals surface area contributed by atoms with Crippen LogP contribution in [0.25, 0.3) is 11.0 Å². The molecule has 3 heterocycles. The number of carbonyl (C=O) groups excluding carboxylic acids is 3. The second kappa shape index (κ2) is 10.5. The smallest absolute Gasteiger partial charge is 0.296 e. The zero-order valence-corrected chi connectivity index (χ0v) is 23.0. The van der Waals surface area contributed by atoms with Gasteiger partial charge < -0.3 is 14.3 Å². The van der Waals surface area contributed by atoms with Crippen LogP contribution < -0.4 is 9.64 Å². The summed E-state index contributed by atoms with van der Waals surface area (Å²) in [5.41, 5.74) is 2.40. The molecule has 0 saturated carbocycles. The zero-order chi connectivity index (χ0) is 28.7. The number of anilines is 1. The number of thiazole rings is 1. The summed E-state index contributed by atoms with van der Waals surface area (Å²) in [6, 6.07) is 24.4. The molecular formula is C32H24N2O6S. The Balaban J connectivity index is 1.40. The molecule has 9 heteroatoms. The van der Waals surface area contributed by atoms with Crippen molar-refractivity contribution in [3.8, 4) is 5.75 Å². The number of Topliss-reactive ketones (excluding diaryl/α,β-unsaturated/α-hetero) is 2. The van der Waals surface area contributed by atoms with Crippen molar-refractivity contribution in [1.82, 2.24) is 4.98 Å². The standard InChI is InChI=1S/C32H24N2O6S/c1-18-30(19(2)35)41-32(33-18)34-27(21-12-14-23(15-13-21)39-17-20-8-4-3-5-9-20)26(29(37)31(34)38)28(36)25-16-22-10-6-7-11-24(22)40-25/h3-16,27,37H,17H2,1-2H3/t27-/m1/s1. The molecule has 1 amide bonds. The first kappa shape index (κ1) is 26.2. The van der Waals surface area contributed by atoms with Crippen LogP contribution in [0.5, 0.6) is 5.75 Å². The van der Waals surface area contributed by atoms with Gasteiger partial charge in [0.15, 0.2) is 22.4 Å². The molecule has 5 aromatic rings. The molecular weight excluding hydrogens is 540 g/mol. The molecule has 1 atom stereocenters. The van der Waals surface area contributed by atoms with E-state index in [4.69, 9.17) is 9.15 Å². The maximum Gasteiger partial charge on any atom is 0.296 e. The van der Waals surface area contributed by atoms with Gasteiger partial charge in [0.2, 0.25) is 5.78 Å². The van der Waals surface area contributed by atoms with Crippen molar-refractivity contribution in [3.63, 3.8) is 0 Å². The van der Waals surface area contributed by atoms with E-state index in [1.54, 1.807) is 49.4 Å². The number of ether oxygens (including phenoxy) is 1. The predicted octanol–water partition coefficient (Wildman–Crippen LogP) is 6.76. The Morgan fingerprint density at radius 1 is 1.02 bits per heavy atom. The molecule has 0 fully saturated rings.